The van der Waals surface area contributed by atoms with Crippen LogP contribution < -0.4 is 10.2 Å². The number of anilines is 1. The summed E-state index contributed by atoms with van der Waals surface area (Å²) in [4.78, 5) is 18.8. The van der Waals surface area contributed by atoms with Gasteiger partial charge in [0, 0.05) is 19.3 Å². The Bertz CT molecular complexity index is 971. The number of carbonyl (C=O) groups excluding carboxylic acids is 1. The van der Waals surface area contributed by atoms with Crippen molar-refractivity contribution in [2.45, 2.75) is 24.4 Å². The molecule has 28 heavy (non-hydrogen) atoms. The third kappa shape index (κ3) is 3.73. The van der Waals surface area contributed by atoms with Crippen LogP contribution in [0.15, 0.2) is 53.8 Å². The summed E-state index contributed by atoms with van der Waals surface area (Å²) in [5.74, 6) is -0.286. The molecule has 0 bridgehead atoms. The van der Waals surface area contributed by atoms with Gasteiger partial charge in [0.25, 0.3) is 0 Å². The molecule has 0 atom stereocenters. The van der Waals surface area contributed by atoms with Gasteiger partial charge < -0.3 is 5.32 Å². The molecular formula is C20H20FN5OS. The quantitative estimate of drug-likeness (QED) is 0.681. The number of nitrogens with zero attached hydrogens (tertiary/aromatic N) is 4. The Balaban J connectivity index is 1.49. The van der Waals surface area contributed by atoms with Gasteiger partial charge in [-0.2, -0.15) is 5.10 Å². The lowest BCUT2D eigenvalue weighted by molar-refractivity contribution is 0.245. The van der Waals surface area contributed by atoms with E-state index < -0.39 is 0 Å². The van der Waals surface area contributed by atoms with Crippen LogP contribution in [0.5, 0.6) is 0 Å². The number of amides is 2. The fourth-order valence-electron chi connectivity index (χ4n) is 3.27. The normalized spacial score (nSPS) is 13.3. The highest BCUT2D eigenvalue weighted by Gasteiger charge is 2.26. The molecule has 2 amide bonds. The number of fused-ring (bicyclic) bond motifs is 1. The summed E-state index contributed by atoms with van der Waals surface area (Å²) in [6.07, 6.45) is 7.12. The summed E-state index contributed by atoms with van der Waals surface area (Å²) in [6, 6.07) is 9.94. The second-order valence-corrected chi connectivity index (χ2v) is 7.31. The van der Waals surface area contributed by atoms with Crippen LogP contribution >= 0.6 is 11.8 Å². The van der Waals surface area contributed by atoms with Gasteiger partial charge in [0.05, 0.1) is 28.3 Å². The van der Waals surface area contributed by atoms with Crippen LogP contribution in [0.4, 0.5) is 14.9 Å². The van der Waals surface area contributed by atoms with Gasteiger partial charge in [-0.05, 0) is 55.0 Å². The molecule has 1 N–H and O–H groups in total. The number of pyridine rings is 1. The summed E-state index contributed by atoms with van der Waals surface area (Å²) in [5.41, 5.74) is 3.48. The first kappa shape index (κ1) is 18.5. The third-order valence-corrected chi connectivity index (χ3v) is 5.36. The van der Waals surface area contributed by atoms with Crippen LogP contribution in [0.1, 0.15) is 17.7 Å². The number of thioether (sulfide) groups is 1. The van der Waals surface area contributed by atoms with Gasteiger partial charge in [-0.25, -0.2) is 18.9 Å². The van der Waals surface area contributed by atoms with Gasteiger partial charge >= 0.3 is 6.03 Å². The molecule has 2 aromatic heterocycles. The average molecular weight is 397 g/mol. The number of halogens is 1. The number of hydrogen-bond donors (Lipinski definition) is 1. The number of aromatic nitrogens is 3. The van der Waals surface area contributed by atoms with Crippen LogP contribution in [-0.2, 0) is 13.0 Å². The van der Waals surface area contributed by atoms with Crippen molar-refractivity contribution in [3.8, 4) is 5.69 Å². The van der Waals surface area contributed by atoms with Crippen LogP contribution in [0.3, 0.4) is 0 Å². The number of benzene rings is 1. The van der Waals surface area contributed by atoms with Gasteiger partial charge in [-0.3, -0.25) is 4.90 Å². The molecule has 0 spiro atoms. The molecule has 0 saturated carbocycles. The highest BCUT2D eigenvalue weighted by molar-refractivity contribution is 7.98. The lowest BCUT2D eigenvalue weighted by Gasteiger charge is -2.27. The third-order valence-electron chi connectivity index (χ3n) is 4.70. The largest absolute Gasteiger partial charge is 0.334 e. The summed E-state index contributed by atoms with van der Waals surface area (Å²) in [7, 11) is 0. The maximum atomic E-state index is 13.2. The van der Waals surface area contributed by atoms with Gasteiger partial charge in [0.1, 0.15) is 5.82 Å². The van der Waals surface area contributed by atoms with E-state index in [4.69, 9.17) is 0 Å². The van der Waals surface area contributed by atoms with Gasteiger partial charge in [0.15, 0.2) is 0 Å². The first-order valence-electron chi connectivity index (χ1n) is 9.03. The zero-order valence-electron chi connectivity index (χ0n) is 15.4. The molecule has 1 aliphatic heterocycles. The van der Waals surface area contributed by atoms with Crippen LogP contribution in [0, 0.1) is 5.82 Å². The zero-order chi connectivity index (χ0) is 19.5. The number of hydrogen-bond acceptors (Lipinski definition) is 4. The van der Waals surface area contributed by atoms with E-state index in [1.54, 1.807) is 45.9 Å². The van der Waals surface area contributed by atoms with Gasteiger partial charge in [0.2, 0.25) is 0 Å². The lowest BCUT2D eigenvalue weighted by Crippen LogP contribution is -2.42. The van der Waals surface area contributed by atoms with Gasteiger partial charge in [-0.15, -0.1) is 11.8 Å². The zero-order valence-corrected chi connectivity index (χ0v) is 16.2. The predicted molar refractivity (Wildman–Crippen MR) is 107 cm³/mol. The van der Waals surface area contributed by atoms with Crippen molar-refractivity contribution in [3.05, 3.63) is 65.9 Å². The van der Waals surface area contributed by atoms with Gasteiger partial charge in [-0.1, -0.05) is 6.07 Å². The summed E-state index contributed by atoms with van der Waals surface area (Å²) in [5, 5.41) is 8.33. The molecule has 0 aliphatic carbocycles. The number of urea groups is 1. The summed E-state index contributed by atoms with van der Waals surface area (Å²) in [6.45, 7) is 1.05. The van der Waals surface area contributed by atoms with Crippen LogP contribution in [0.25, 0.3) is 5.69 Å². The van der Waals surface area contributed by atoms with Crippen molar-refractivity contribution in [2.75, 3.05) is 17.7 Å². The van der Waals surface area contributed by atoms with E-state index in [0.29, 0.717) is 13.1 Å². The molecule has 1 aromatic carbocycles. The first-order chi connectivity index (χ1) is 13.7. The Morgan fingerprint density at radius 2 is 2.04 bits per heavy atom. The van der Waals surface area contributed by atoms with E-state index in [9.17, 15) is 9.18 Å². The molecule has 0 unspecified atom stereocenters. The second-order valence-electron chi connectivity index (χ2n) is 6.49. The molecule has 6 nitrogen and oxygen atoms in total. The van der Waals surface area contributed by atoms with E-state index in [1.165, 1.54) is 12.1 Å². The molecule has 0 saturated heterocycles. The SMILES string of the molecule is CSc1ccc(CNC(=O)N2CCCc3c2cnn3-c2ccc(F)cc2)cn1. The molecular weight excluding hydrogens is 377 g/mol. The number of carbonyl (C=O) groups is 1. The Labute approximate surface area is 166 Å². The highest BCUT2D eigenvalue weighted by atomic mass is 32.2. The minimum atomic E-state index is -0.286. The van der Waals surface area contributed by atoms with Crippen molar-refractivity contribution in [3.63, 3.8) is 0 Å². The lowest BCUT2D eigenvalue weighted by atomic mass is 10.1. The van der Waals surface area contributed by atoms with Crippen LogP contribution in [0.2, 0.25) is 0 Å². The number of rotatable bonds is 4. The van der Waals surface area contributed by atoms with E-state index in [0.717, 1.165) is 40.5 Å². The Morgan fingerprint density at radius 3 is 2.75 bits per heavy atom. The van der Waals surface area contributed by atoms with Crippen molar-refractivity contribution < 1.29 is 9.18 Å². The molecule has 3 heterocycles. The average Bonchev–Trinajstić information content (AvgIpc) is 3.17. The first-order valence-corrected chi connectivity index (χ1v) is 10.3. The molecule has 0 radical (unpaired) electrons. The van der Waals surface area contributed by atoms with E-state index >= 15 is 0 Å². The maximum Gasteiger partial charge on any atom is 0.322 e. The molecule has 8 heteroatoms. The smallest absolute Gasteiger partial charge is 0.322 e. The standard InChI is InChI=1S/C20H20FN5OS/c1-28-19-9-4-14(11-22-19)12-23-20(27)25-10-2-3-17-18(25)13-24-26(17)16-7-5-15(21)6-8-16/h4-9,11,13H,2-3,10,12H2,1H3,(H,23,27). The molecule has 1 aliphatic rings. The minimum absolute atomic E-state index is 0.159. The van der Waals surface area contributed by atoms with Crippen molar-refractivity contribution in [2.24, 2.45) is 0 Å². The van der Waals surface area contributed by atoms with Crippen molar-refractivity contribution in [1.29, 1.82) is 0 Å². The van der Waals surface area contributed by atoms with Crippen molar-refractivity contribution >= 4 is 23.5 Å². The molecule has 0 fully saturated rings. The monoisotopic (exact) mass is 397 g/mol. The maximum absolute atomic E-state index is 13.2. The summed E-state index contributed by atoms with van der Waals surface area (Å²) >= 11 is 1.58. The number of nitrogens with one attached hydrogen (secondary N) is 1. The second kappa shape index (κ2) is 8.02. The molecule has 3 aromatic rings. The Morgan fingerprint density at radius 1 is 1.21 bits per heavy atom. The van der Waals surface area contributed by atoms with Crippen molar-refractivity contribution in [1.82, 2.24) is 20.1 Å². The van der Waals surface area contributed by atoms with E-state index in [1.807, 2.05) is 18.4 Å². The summed E-state index contributed by atoms with van der Waals surface area (Å²) < 4.78 is 15.0. The Hall–Kier alpha value is -2.87. The minimum Gasteiger partial charge on any atom is -0.334 e. The Kier molecular flexibility index (Phi) is 5.29. The fraction of sp³-hybridized carbons (Fsp3) is 0.250. The van der Waals surface area contributed by atoms with E-state index in [-0.39, 0.29) is 11.8 Å². The highest BCUT2D eigenvalue weighted by Crippen LogP contribution is 2.29. The fourth-order valence-corrected chi connectivity index (χ4v) is 3.64. The molecule has 144 valence electrons. The topological polar surface area (TPSA) is 63.1 Å². The predicted octanol–water partition coefficient (Wildman–Crippen LogP) is 3.79. The molecule has 4 rings (SSSR count). The van der Waals surface area contributed by atoms with E-state index in [2.05, 4.69) is 15.4 Å². The van der Waals surface area contributed by atoms with Crippen LogP contribution in [-0.4, -0.2) is 33.6 Å².